The summed E-state index contributed by atoms with van der Waals surface area (Å²) in [6, 6.07) is 4.65. The van der Waals surface area contributed by atoms with E-state index in [0.717, 1.165) is 37.6 Å². The molecule has 108 valence electrons. The quantitative estimate of drug-likeness (QED) is 0.704. The first-order chi connectivity index (χ1) is 9.21. The van der Waals surface area contributed by atoms with Gasteiger partial charge in [0.1, 0.15) is 0 Å². The van der Waals surface area contributed by atoms with Crippen molar-refractivity contribution in [2.75, 3.05) is 31.9 Å². The van der Waals surface area contributed by atoms with Gasteiger partial charge in [0.2, 0.25) is 0 Å². The second kappa shape index (κ2) is 9.34. The summed E-state index contributed by atoms with van der Waals surface area (Å²) in [6.07, 6.45) is 2.00. The number of aromatic nitrogens is 1. The largest absolute Gasteiger partial charge is 0.309 e. The van der Waals surface area contributed by atoms with E-state index in [4.69, 9.17) is 0 Å². The van der Waals surface area contributed by atoms with E-state index < -0.39 is 0 Å². The summed E-state index contributed by atoms with van der Waals surface area (Å²) in [5.41, 5.74) is 1.12. The van der Waals surface area contributed by atoms with Crippen molar-refractivity contribution in [2.45, 2.75) is 38.6 Å². The molecule has 19 heavy (non-hydrogen) atoms. The Bertz CT molecular complexity index is 336. The Balaban J connectivity index is 2.40. The molecule has 0 aliphatic carbocycles. The van der Waals surface area contributed by atoms with Gasteiger partial charge in [0.25, 0.3) is 0 Å². The maximum Gasteiger partial charge on any atom is 0.0571 e. The lowest BCUT2D eigenvalue weighted by Gasteiger charge is -2.17. The molecule has 1 aromatic heterocycles. The van der Waals surface area contributed by atoms with Gasteiger partial charge < -0.3 is 10.2 Å². The number of hydrogen-bond acceptors (Lipinski definition) is 4. The Labute approximate surface area is 122 Å². The highest BCUT2D eigenvalue weighted by molar-refractivity contribution is 7.99. The van der Waals surface area contributed by atoms with Gasteiger partial charge in [0.15, 0.2) is 0 Å². The van der Waals surface area contributed by atoms with E-state index in [1.165, 1.54) is 4.90 Å². The van der Waals surface area contributed by atoms with Gasteiger partial charge in [-0.25, -0.2) is 0 Å². The molecule has 1 aromatic rings. The molecular formula is C15H27N3S. The van der Waals surface area contributed by atoms with Crippen LogP contribution in [-0.2, 0) is 0 Å². The molecule has 1 unspecified atom stereocenters. The summed E-state index contributed by atoms with van der Waals surface area (Å²) >= 11 is 1.89. The van der Waals surface area contributed by atoms with Gasteiger partial charge in [-0.1, -0.05) is 20.8 Å². The zero-order valence-electron chi connectivity index (χ0n) is 12.6. The van der Waals surface area contributed by atoms with Crippen molar-refractivity contribution < 1.29 is 0 Å². The summed E-state index contributed by atoms with van der Waals surface area (Å²) in [7, 11) is 0. The molecule has 0 radical (unpaired) electrons. The van der Waals surface area contributed by atoms with Gasteiger partial charge >= 0.3 is 0 Å². The maximum atomic E-state index is 4.54. The third-order valence-corrected chi connectivity index (χ3v) is 4.25. The minimum Gasteiger partial charge on any atom is -0.309 e. The molecule has 0 aliphatic heterocycles. The molecule has 1 atom stereocenters. The SMILES string of the molecule is CCNC(C)c1ccc(SCCN(CC)CC)cn1. The number of rotatable bonds is 9. The van der Waals surface area contributed by atoms with E-state index >= 15 is 0 Å². The Kier molecular flexibility index (Phi) is 8.10. The van der Waals surface area contributed by atoms with Crippen molar-refractivity contribution in [1.82, 2.24) is 15.2 Å². The van der Waals surface area contributed by atoms with E-state index in [-0.39, 0.29) is 0 Å². The van der Waals surface area contributed by atoms with Crippen LogP contribution in [0.25, 0.3) is 0 Å². The molecule has 0 aromatic carbocycles. The van der Waals surface area contributed by atoms with Crippen molar-refractivity contribution in [3.05, 3.63) is 24.0 Å². The van der Waals surface area contributed by atoms with Crippen LogP contribution in [0.15, 0.2) is 23.2 Å². The molecule has 0 spiro atoms. The lowest BCUT2D eigenvalue weighted by Crippen LogP contribution is -2.25. The highest BCUT2D eigenvalue weighted by atomic mass is 32.2. The van der Waals surface area contributed by atoms with Crippen molar-refractivity contribution in [1.29, 1.82) is 0 Å². The number of pyridine rings is 1. The lowest BCUT2D eigenvalue weighted by atomic mass is 10.2. The predicted molar refractivity (Wildman–Crippen MR) is 84.8 cm³/mol. The summed E-state index contributed by atoms with van der Waals surface area (Å²) in [4.78, 5) is 8.25. The summed E-state index contributed by atoms with van der Waals surface area (Å²) in [5.74, 6) is 1.13. The average molecular weight is 281 g/mol. The van der Waals surface area contributed by atoms with Crippen LogP contribution in [0, 0.1) is 0 Å². The van der Waals surface area contributed by atoms with Crippen molar-refractivity contribution in [2.24, 2.45) is 0 Å². The van der Waals surface area contributed by atoms with Crippen LogP contribution < -0.4 is 5.32 Å². The monoisotopic (exact) mass is 281 g/mol. The highest BCUT2D eigenvalue weighted by Crippen LogP contribution is 2.18. The molecule has 0 amide bonds. The zero-order chi connectivity index (χ0) is 14.1. The molecule has 4 heteroatoms. The molecule has 3 nitrogen and oxygen atoms in total. The predicted octanol–water partition coefficient (Wildman–Crippen LogP) is 3.19. The maximum absolute atomic E-state index is 4.54. The van der Waals surface area contributed by atoms with E-state index in [0.29, 0.717) is 6.04 Å². The first-order valence-corrected chi connectivity index (χ1v) is 8.24. The van der Waals surface area contributed by atoms with Crippen molar-refractivity contribution >= 4 is 11.8 Å². The number of thioether (sulfide) groups is 1. The van der Waals surface area contributed by atoms with Crippen LogP contribution in [-0.4, -0.2) is 41.8 Å². The van der Waals surface area contributed by atoms with Crippen LogP contribution in [0.3, 0.4) is 0 Å². The summed E-state index contributed by atoms with van der Waals surface area (Å²) in [5, 5.41) is 3.38. The Morgan fingerprint density at radius 2 is 2.00 bits per heavy atom. The molecule has 0 bridgehead atoms. The average Bonchev–Trinajstić information content (AvgIpc) is 2.44. The molecular weight excluding hydrogens is 254 g/mol. The number of nitrogens with one attached hydrogen (secondary N) is 1. The summed E-state index contributed by atoms with van der Waals surface area (Å²) in [6.45, 7) is 13.1. The zero-order valence-corrected chi connectivity index (χ0v) is 13.5. The van der Waals surface area contributed by atoms with Crippen LogP contribution in [0.1, 0.15) is 39.4 Å². The second-order valence-corrected chi connectivity index (χ2v) is 5.74. The first-order valence-electron chi connectivity index (χ1n) is 7.25. The van der Waals surface area contributed by atoms with E-state index in [2.05, 4.69) is 55.0 Å². The molecule has 1 N–H and O–H groups in total. The minimum absolute atomic E-state index is 0.333. The van der Waals surface area contributed by atoms with Crippen LogP contribution in [0.5, 0.6) is 0 Å². The third-order valence-electron chi connectivity index (χ3n) is 3.28. The lowest BCUT2D eigenvalue weighted by molar-refractivity contribution is 0.324. The van der Waals surface area contributed by atoms with Gasteiger partial charge in [-0.15, -0.1) is 11.8 Å². The van der Waals surface area contributed by atoms with Crippen molar-refractivity contribution in [3.63, 3.8) is 0 Å². The molecule has 0 fully saturated rings. The van der Waals surface area contributed by atoms with E-state index in [9.17, 15) is 0 Å². The molecule has 1 rings (SSSR count). The Morgan fingerprint density at radius 3 is 2.53 bits per heavy atom. The third kappa shape index (κ3) is 5.93. The Morgan fingerprint density at radius 1 is 1.26 bits per heavy atom. The van der Waals surface area contributed by atoms with Gasteiger partial charge in [0.05, 0.1) is 5.69 Å². The van der Waals surface area contributed by atoms with Gasteiger partial charge in [-0.05, 0) is 38.7 Å². The Hall–Kier alpha value is -0.580. The number of nitrogens with zero attached hydrogens (tertiary/aromatic N) is 2. The molecule has 0 saturated carbocycles. The van der Waals surface area contributed by atoms with Gasteiger partial charge in [-0.2, -0.15) is 0 Å². The standard InChI is InChI=1S/C15H27N3S/c1-5-16-13(4)15-9-8-14(12-17-15)19-11-10-18(6-2)7-3/h8-9,12-13,16H,5-7,10-11H2,1-4H3. The number of hydrogen-bond donors (Lipinski definition) is 1. The highest BCUT2D eigenvalue weighted by Gasteiger charge is 2.05. The fraction of sp³-hybridized carbons (Fsp3) is 0.667. The second-order valence-electron chi connectivity index (χ2n) is 4.57. The summed E-state index contributed by atoms with van der Waals surface area (Å²) < 4.78 is 0. The van der Waals surface area contributed by atoms with Gasteiger partial charge in [-0.3, -0.25) is 4.98 Å². The minimum atomic E-state index is 0.333. The molecule has 0 aliphatic rings. The smallest absolute Gasteiger partial charge is 0.0571 e. The van der Waals surface area contributed by atoms with Crippen LogP contribution >= 0.6 is 11.8 Å². The van der Waals surface area contributed by atoms with Crippen LogP contribution in [0.2, 0.25) is 0 Å². The van der Waals surface area contributed by atoms with Crippen molar-refractivity contribution in [3.8, 4) is 0 Å². The fourth-order valence-corrected chi connectivity index (χ4v) is 2.85. The van der Waals surface area contributed by atoms with E-state index in [1.807, 2.05) is 18.0 Å². The topological polar surface area (TPSA) is 28.2 Å². The first kappa shape index (κ1) is 16.5. The van der Waals surface area contributed by atoms with E-state index in [1.54, 1.807) is 0 Å². The van der Waals surface area contributed by atoms with Gasteiger partial charge in [0, 0.05) is 29.4 Å². The molecule has 0 saturated heterocycles. The molecule has 1 heterocycles. The normalized spacial score (nSPS) is 12.9. The fourth-order valence-electron chi connectivity index (χ4n) is 1.98. The van der Waals surface area contributed by atoms with Crippen LogP contribution in [0.4, 0.5) is 0 Å².